The quantitative estimate of drug-likeness (QED) is 0.591. The first-order chi connectivity index (χ1) is 13.9. The number of piperazine rings is 1. The van der Waals surface area contributed by atoms with Crippen molar-refractivity contribution in [2.45, 2.75) is 13.0 Å². The number of amides is 1. The first-order valence-electron chi connectivity index (χ1n) is 9.27. The van der Waals surface area contributed by atoms with Crippen LogP contribution in [0.1, 0.15) is 6.92 Å². The second kappa shape index (κ2) is 8.87. The zero-order chi connectivity index (χ0) is 21.0. The zero-order valence-electron chi connectivity index (χ0n) is 16.3. The fourth-order valence-electron chi connectivity index (χ4n) is 3.33. The SMILES string of the molecule is COc1ccc([N+](=O)[O-])cc1NC(=O)C(C)N1CCN(c2ccc(F)cc2)CC1. The van der Waals surface area contributed by atoms with E-state index < -0.39 is 11.0 Å². The van der Waals surface area contributed by atoms with Crippen LogP contribution in [-0.2, 0) is 4.79 Å². The van der Waals surface area contributed by atoms with E-state index in [1.165, 1.54) is 37.4 Å². The fraction of sp³-hybridized carbons (Fsp3) is 0.350. The van der Waals surface area contributed by atoms with Crippen LogP contribution in [0.4, 0.5) is 21.5 Å². The van der Waals surface area contributed by atoms with E-state index in [9.17, 15) is 19.3 Å². The van der Waals surface area contributed by atoms with Crippen LogP contribution in [0.25, 0.3) is 0 Å². The maximum Gasteiger partial charge on any atom is 0.271 e. The standard InChI is InChI=1S/C20H23FN4O4/c1-14(20(26)22-18-13-17(25(27)28)7-8-19(18)29-2)23-9-11-24(12-10-23)16-5-3-15(21)4-6-16/h3-8,13-14H,9-12H2,1-2H3,(H,22,26). The number of nitro benzene ring substituents is 1. The van der Waals surface area contributed by atoms with Gasteiger partial charge in [-0.3, -0.25) is 19.8 Å². The van der Waals surface area contributed by atoms with E-state index in [4.69, 9.17) is 4.74 Å². The van der Waals surface area contributed by atoms with Crippen LogP contribution in [0.5, 0.6) is 5.75 Å². The lowest BCUT2D eigenvalue weighted by Crippen LogP contribution is -2.52. The summed E-state index contributed by atoms with van der Waals surface area (Å²) in [4.78, 5) is 27.4. The fourth-order valence-corrected chi connectivity index (χ4v) is 3.33. The Morgan fingerprint density at radius 3 is 2.41 bits per heavy atom. The maximum atomic E-state index is 13.1. The number of anilines is 2. The molecule has 0 bridgehead atoms. The molecule has 0 radical (unpaired) electrons. The Balaban J connectivity index is 1.62. The summed E-state index contributed by atoms with van der Waals surface area (Å²) in [5.74, 6) is -0.175. The number of nitro groups is 1. The number of benzene rings is 2. The average molecular weight is 402 g/mol. The zero-order valence-corrected chi connectivity index (χ0v) is 16.3. The molecular formula is C20H23FN4O4. The van der Waals surface area contributed by atoms with Crippen molar-refractivity contribution in [1.29, 1.82) is 0 Å². The number of non-ortho nitro benzene ring substituents is 1. The monoisotopic (exact) mass is 402 g/mol. The molecule has 29 heavy (non-hydrogen) atoms. The molecule has 0 spiro atoms. The number of hydrogen-bond donors (Lipinski definition) is 1. The molecule has 2 aromatic carbocycles. The van der Waals surface area contributed by atoms with E-state index in [1.54, 1.807) is 19.1 Å². The van der Waals surface area contributed by atoms with Gasteiger partial charge in [-0.1, -0.05) is 0 Å². The van der Waals surface area contributed by atoms with Crippen molar-refractivity contribution in [3.05, 3.63) is 58.4 Å². The number of nitrogens with zero attached hydrogens (tertiary/aromatic N) is 3. The van der Waals surface area contributed by atoms with Gasteiger partial charge in [-0.2, -0.15) is 0 Å². The molecule has 1 amide bonds. The number of methoxy groups -OCH3 is 1. The molecule has 1 N–H and O–H groups in total. The van der Waals surface area contributed by atoms with Gasteiger partial charge in [0.25, 0.3) is 5.69 Å². The lowest BCUT2D eigenvalue weighted by atomic mass is 10.2. The molecule has 1 heterocycles. The van der Waals surface area contributed by atoms with Crippen LogP contribution >= 0.6 is 0 Å². The summed E-state index contributed by atoms with van der Waals surface area (Å²) in [6.07, 6.45) is 0. The number of nitrogens with one attached hydrogen (secondary N) is 1. The van der Waals surface area contributed by atoms with E-state index in [0.717, 1.165) is 5.69 Å². The molecule has 154 valence electrons. The summed E-state index contributed by atoms with van der Waals surface area (Å²) in [5.41, 5.74) is 1.09. The van der Waals surface area contributed by atoms with Crippen molar-refractivity contribution in [3.63, 3.8) is 0 Å². The summed E-state index contributed by atoms with van der Waals surface area (Å²) in [6, 6.07) is 10.0. The molecule has 9 heteroatoms. The molecule has 1 saturated heterocycles. The predicted octanol–water partition coefficient (Wildman–Crippen LogP) is 2.89. The molecule has 1 atom stereocenters. The van der Waals surface area contributed by atoms with E-state index >= 15 is 0 Å². The third-order valence-electron chi connectivity index (χ3n) is 5.08. The summed E-state index contributed by atoms with van der Waals surface area (Å²) >= 11 is 0. The molecule has 3 rings (SSSR count). The van der Waals surface area contributed by atoms with E-state index in [2.05, 4.69) is 10.2 Å². The second-order valence-corrected chi connectivity index (χ2v) is 6.81. The Morgan fingerprint density at radius 1 is 1.17 bits per heavy atom. The van der Waals surface area contributed by atoms with Gasteiger partial charge in [0.15, 0.2) is 0 Å². The van der Waals surface area contributed by atoms with Gasteiger partial charge in [0, 0.05) is 44.0 Å². The summed E-state index contributed by atoms with van der Waals surface area (Å²) in [5, 5.41) is 13.7. The van der Waals surface area contributed by atoms with Gasteiger partial charge in [0.2, 0.25) is 5.91 Å². The van der Waals surface area contributed by atoms with Gasteiger partial charge < -0.3 is 15.0 Å². The minimum absolute atomic E-state index is 0.123. The van der Waals surface area contributed by atoms with Gasteiger partial charge >= 0.3 is 0 Å². The predicted molar refractivity (Wildman–Crippen MR) is 108 cm³/mol. The molecule has 1 aliphatic heterocycles. The van der Waals surface area contributed by atoms with Crippen molar-refractivity contribution in [3.8, 4) is 5.75 Å². The van der Waals surface area contributed by atoms with Gasteiger partial charge in [-0.15, -0.1) is 0 Å². The highest BCUT2D eigenvalue weighted by atomic mass is 19.1. The molecular weight excluding hydrogens is 379 g/mol. The number of ether oxygens (including phenoxy) is 1. The Bertz CT molecular complexity index is 883. The summed E-state index contributed by atoms with van der Waals surface area (Å²) in [7, 11) is 1.44. The molecule has 0 aromatic heterocycles. The number of rotatable bonds is 6. The van der Waals surface area contributed by atoms with Gasteiger partial charge in [0.1, 0.15) is 11.6 Å². The van der Waals surface area contributed by atoms with Gasteiger partial charge in [-0.05, 0) is 37.3 Å². The largest absolute Gasteiger partial charge is 0.495 e. The highest BCUT2D eigenvalue weighted by molar-refractivity contribution is 5.96. The molecule has 0 saturated carbocycles. The van der Waals surface area contributed by atoms with E-state index in [0.29, 0.717) is 31.9 Å². The number of hydrogen-bond acceptors (Lipinski definition) is 6. The molecule has 8 nitrogen and oxygen atoms in total. The van der Waals surface area contributed by atoms with Crippen molar-refractivity contribution < 1.29 is 18.8 Å². The highest BCUT2D eigenvalue weighted by Crippen LogP contribution is 2.29. The van der Waals surface area contributed by atoms with Crippen molar-refractivity contribution >= 4 is 23.0 Å². The Hall–Kier alpha value is -3.20. The lowest BCUT2D eigenvalue weighted by molar-refractivity contribution is -0.384. The van der Waals surface area contributed by atoms with Crippen molar-refractivity contribution in [2.75, 3.05) is 43.5 Å². The number of halogens is 1. The van der Waals surface area contributed by atoms with E-state index in [1.807, 2.05) is 4.90 Å². The molecule has 1 unspecified atom stereocenters. The third-order valence-corrected chi connectivity index (χ3v) is 5.08. The topological polar surface area (TPSA) is 87.9 Å². The normalized spacial score (nSPS) is 15.6. The minimum atomic E-state index is -0.521. The summed E-state index contributed by atoms with van der Waals surface area (Å²) in [6.45, 7) is 4.55. The lowest BCUT2D eigenvalue weighted by Gasteiger charge is -2.38. The number of carbonyl (C=O) groups is 1. The van der Waals surface area contributed by atoms with Gasteiger partial charge in [-0.25, -0.2) is 4.39 Å². The molecule has 0 aliphatic carbocycles. The molecule has 2 aromatic rings. The Kier molecular flexibility index (Phi) is 6.28. The van der Waals surface area contributed by atoms with Crippen LogP contribution in [0.2, 0.25) is 0 Å². The molecule has 1 aliphatic rings. The average Bonchev–Trinajstić information content (AvgIpc) is 2.73. The second-order valence-electron chi connectivity index (χ2n) is 6.81. The van der Waals surface area contributed by atoms with Crippen LogP contribution in [-0.4, -0.2) is 55.1 Å². The maximum absolute atomic E-state index is 13.1. The smallest absolute Gasteiger partial charge is 0.271 e. The van der Waals surface area contributed by atoms with Crippen LogP contribution in [0.3, 0.4) is 0 Å². The Labute approximate surface area is 168 Å². The highest BCUT2D eigenvalue weighted by Gasteiger charge is 2.26. The number of carbonyl (C=O) groups excluding carboxylic acids is 1. The Morgan fingerprint density at radius 2 is 1.83 bits per heavy atom. The summed E-state index contributed by atoms with van der Waals surface area (Å²) < 4.78 is 18.3. The first kappa shape index (κ1) is 20.5. The van der Waals surface area contributed by atoms with Crippen LogP contribution in [0.15, 0.2) is 42.5 Å². The first-order valence-corrected chi connectivity index (χ1v) is 9.27. The van der Waals surface area contributed by atoms with Crippen molar-refractivity contribution in [2.24, 2.45) is 0 Å². The third kappa shape index (κ3) is 4.80. The van der Waals surface area contributed by atoms with Gasteiger partial charge in [0.05, 0.1) is 23.8 Å². The van der Waals surface area contributed by atoms with E-state index in [-0.39, 0.29) is 23.1 Å². The van der Waals surface area contributed by atoms with Crippen molar-refractivity contribution in [1.82, 2.24) is 4.90 Å². The minimum Gasteiger partial charge on any atom is -0.495 e. The molecule has 1 fully saturated rings. The van der Waals surface area contributed by atoms with Crippen LogP contribution in [0, 0.1) is 15.9 Å². The van der Waals surface area contributed by atoms with Crippen LogP contribution < -0.4 is 15.0 Å².